The molecule has 0 aliphatic heterocycles. The molecule has 1 nitrogen and oxygen atoms in total. The van der Waals surface area contributed by atoms with Gasteiger partial charge in [0.2, 0.25) is 0 Å². The van der Waals surface area contributed by atoms with Gasteiger partial charge in [-0.2, -0.15) is 13.2 Å². The van der Waals surface area contributed by atoms with Crippen LogP contribution in [0, 0.1) is 11.8 Å². The van der Waals surface area contributed by atoms with Gasteiger partial charge >= 0.3 is 6.18 Å². The van der Waals surface area contributed by atoms with Gasteiger partial charge in [0.15, 0.2) is 0 Å². The van der Waals surface area contributed by atoms with Gasteiger partial charge in [-0.05, 0) is 42.9 Å². The number of benzene rings is 1. The number of aliphatic hydroxyl groups excluding tert-OH is 1. The molecule has 3 atom stereocenters. The number of alkyl halides is 3. The molecule has 0 aromatic heterocycles. The molecule has 1 saturated carbocycles. The Morgan fingerprint density at radius 2 is 1.75 bits per heavy atom. The third kappa shape index (κ3) is 3.89. The Balaban J connectivity index is 2.06. The highest BCUT2D eigenvalue weighted by Crippen LogP contribution is 2.43. The van der Waals surface area contributed by atoms with E-state index in [1.54, 1.807) is 24.3 Å². The van der Waals surface area contributed by atoms with Gasteiger partial charge in [0.05, 0.1) is 12.0 Å². The minimum atomic E-state index is -4.22. The fraction of sp³-hybridized carbons (Fsp3) is 0.600. The second kappa shape index (κ2) is 6.35. The number of halogens is 4. The Morgan fingerprint density at radius 1 is 1.15 bits per heavy atom. The lowest BCUT2D eigenvalue weighted by Gasteiger charge is -2.36. The van der Waals surface area contributed by atoms with Crippen molar-refractivity contribution < 1.29 is 18.3 Å². The van der Waals surface area contributed by atoms with Crippen LogP contribution in [0.15, 0.2) is 24.3 Å². The fourth-order valence-electron chi connectivity index (χ4n) is 3.04. The molecule has 1 fully saturated rings. The minimum Gasteiger partial charge on any atom is -0.392 e. The summed E-state index contributed by atoms with van der Waals surface area (Å²) >= 11 is 5.77. The van der Waals surface area contributed by atoms with Crippen LogP contribution >= 0.6 is 11.6 Å². The SMILES string of the molecule is OC(Cc1ccc(Cl)cc1)C1CCCCC1C(F)(F)F. The zero-order valence-electron chi connectivity index (χ0n) is 11.0. The lowest BCUT2D eigenvalue weighted by molar-refractivity contribution is -0.206. The average molecular weight is 307 g/mol. The molecule has 1 N–H and O–H groups in total. The molecule has 0 bridgehead atoms. The summed E-state index contributed by atoms with van der Waals surface area (Å²) in [6.45, 7) is 0. The summed E-state index contributed by atoms with van der Waals surface area (Å²) in [5.41, 5.74) is 0.813. The maximum absolute atomic E-state index is 13.0. The second-order valence-corrected chi connectivity index (χ2v) is 5.93. The van der Waals surface area contributed by atoms with Crippen LogP contribution in [0.25, 0.3) is 0 Å². The molecule has 20 heavy (non-hydrogen) atoms. The summed E-state index contributed by atoms with van der Waals surface area (Å²) in [7, 11) is 0. The van der Waals surface area contributed by atoms with Crippen LogP contribution in [0.4, 0.5) is 13.2 Å². The van der Waals surface area contributed by atoms with E-state index in [0.717, 1.165) is 12.0 Å². The monoisotopic (exact) mass is 306 g/mol. The molecule has 0 radical (unpaired) electrons. The van der Waals surface area contributed by atoms with Gasteiger partial charge in [-0.1, -0.05) is 36.6 Å². The largest absolute Gasteiger partial charge is 0.392 e. The Kier molecular flexibility index (Phi) is 4.97. The normalized spacial score (nSPS) is 25.4. The third-order valence-corrected chi connectivity index (χ3v) is 4.34. The van der Waals surface area contributed by atoms with Crippen molar-refractivity contribution in [2.24, 2.45) is 11.8 Å². The van der Waals surface area contributed by atoms with Crippen molar-refractivity contribution in [3.63, 3.8) is 0 Å². The average Bonchev–Trinajstić information content (AvgIpc) is 2.40. The van der Waals surface area contributed by atoms with E-state index in [0.29, 0.717) is 17.9 Å². The highest BCUT2D eigenvalue weighted by Gasteiger charge is 2.47. The van der Waals surface area contributed by atoms with Crippen molar-refractivity contribution in [3.05, 3.63) is 34.9 Å². The number of aliphatic hydroxyl groups is 1. The predicted molar refractivity (Wildman–Crippen MR) is 72.7 cm³/mol. The quantitative estimate of drug-likeness (QED) is 0.864. The van der Waals surface area contributed by atoms with Gasteiger partial charge < -0.3 is 5.11 Å². The topological polar surface area (TPSA) is 20.2 Å². The van der Waals surface area contributed by atoms with E-state index in [1.807, 2.05) is 0 Å². The van der Waals surface area contributed by atoms with E-state index in [-0.39, 0.29) is 12.8 Å². The van der Waals surface area contributed by atoms with Crippen LogP contribution in [-0.2, 0) is 6.42 Å². The van der Waals surface area contributed by atoms with E-state index < -0.39 is 24.1 Å². The molecule has 112 valence electrons. The number of hydrogen-bond acceptors (Lipinski definition) is 1. The summed E-state index contributed by atoms with van der Waals surface area (Å²) in [4.78, 5) is 0. The molecule has 1 aliphatic carbocycles. The summed E-state index contributed by atoms with van der Waals surface area (Å²) in [6.07, 6.45) is -3.00. The minimum absolute atomic E-state index is 0.131. The predicted octanol–water partition coefficient (Wildman–Crippen LogP) is 4.61. The summed E-state index contributed by atoms with van der Waals surface area (Å²) in [5.74, 6) is -2.07. The lowest BCUT2D eigenvalue weighted by Crippen LogP contribution is -2.40. The fourth-order valence-corrected chi connectivity index (χ4v) is 3.17. The first-order valence-corrected chi connectivity index (χ1v) is 7.25. The van der Waals surface area contributed by atoms with Gasteiger partial charge in [0.25, 0.3) is 0 Å². The molecule has 0 saturated heterocycles. The molecular formula is C15H18ClF3O. The van der Waals surface area contributed by atoms with Crippen molar-refractivity contribution in [1.29, 1.82) is 0 Å². The smallest absolute Gasteiger partial charge is 0.392 e. The maximum atomic E-state index is 13.0. The lowest BCUT2D eigenvalue weighted by atomic mass is 9.74. The maximum Gasteiger partial charge on any atom is 0.392 e. The van der Waals surface area contributed by atoms with Crippen molar-refractivity contribution >= 4 is 11.6 Å². The Labute approximate surface area is 121 Å². The summed E-state index contributed by atoms with van der Waals surface area (Å²) in [6, 6.07) is 6.87. The molecule has 0 amide bonds. The van der Waals surface area contributed by atoms with Gasteiger partial charge in [0.1, 0.15) is 0 Å². The molecule has 3 unspecified atom stereocenters. The van der Waals surface area contributed by atoms with Crippen LogP contribution in [0.1, 0.15) is 31.2 Å². The summed E-state index contributed by atoms with van der Waals surface area (Å²) < 4.78 is 39.0. The molecule has 2 rings (SSSR count). The molecule has 5 heteroatoms. The Morgan fingerprint density at radius 3 is 2.35 bits per heavy atom. The van der Waals surface area contributed by atoms with E-state index >= 15 is 0 Å². The first kappa shape index (κ1) is 15.6. The van der Waals surface area contributed by atoms with Crippen LogP contribution in [-0.4, -0.2) is 17.4 Å². The van der Waals surface area contributed by atoms with E-state index in [4.69, 9.17) is 11.6 Å². The van der Waals surface area contributed by atoms with Gasteiger partial charge in [-0.25, -0.2) is 0 Å². The van der Waals surface area contributed by atoms with Gasteiger partial charge in [-0.15, -0.1) is 0 Å². The zero-order valence-corrected chi connectivity index (χ0v) is 11.8. The van der Waals surface area contributed by atoms with Gasteiger partial charge in [0, 0.05) is 5.02 Å². The van der Waals surface area contributed by atoms with E-state index in [9.17, 15) is 18.3 Å². The number of rotatable bonds is 3. The molecular weight excluding hydrogens is 289 g/mol. The van der Waals surface area contributed by atoms with E-state index in [2.05, 4.69) is 0 Å². The molecule has 1 aromatic carbocycles. The first-order chi connectivity index (χ1) is 9.38. The van der Waals surface area contributed by atoms with E-state index in [1.165, 1.54) is 0 Å². The summed E-state index contributed by atoms with van der Waals surface area (Å²) in [5, 5.41) is 10.8. The van der Waals surface area contributed by atoms with Crippen LogP contribution in [0.3, 0.4) is 0 Å². The molecule has 1 aromatic rings. The first-order valence-electron chi connectivity index (χ1n) is 6.87. The van der Waals surface area contributed by atoms with Crippen molar-refractivity contribution in [2.75, 3.05) is 0 Å². The van der Waals surface area contributed by atoms with Crippen LogP contribution < -0.4 is 0 Å². The molecule has 1 aliphatic rings. The zero-order chi connectivity index (χ0) is 14.8. The van der Waals surface area contributed by atoms with Gasteiger partial charge in [-0.3, -0.25) is 0 Å². The standard InChI is InChI=1S/C15H18ClF3O/c16-11-7-5-10(6-8-11)9-14(20)12-3-1-2-4-13(12)15(17,18)19/h5-8,12-14,20H,1-4,9H2. The third-order valence-electron chi connectivity index (χ3n) is 4.09. The molecule has 0 spiro atoms. The highest BCUT2D eigenvalue weighted by atomic mass is 35.5. The van der Waals surface area contributed by atoms with Crippen LogP contribution in [0.5, 0.6) is 0 Å². The van der Waals surface area contributed by atoms with Crippen molar-refractivity contribution in [1.82, 2.24) is 0 Å². The Hall–Kier alpha value is -0.740. The van der Waals surface area contributed by atoms with Crippen LogP contribution in [0.2, 0.25) is 5.02 Å². The number of hydrogen-bond donors (Lipinski definition) is 1. The van der Waals surface area contributed by atoms with Crippen molar-refractivity contribution in [3.8, 4) is 0 Å². The highest BCUT2D eigenvalue weighted by molar-refractivity contribution is 6.30. The Bertz CT molecular complexity index is 430. The van der Waals surface area contributed by atoms with Crippen molar-refractivity contribution in [2.45, 2.75) is 44.4 Å². The second-order valence-electron chi connectivity index (χ2n) is 5.49. The molecule has 0 heterocycles.